The van der Waals surface area contributed by atoms with Gasteiger partial charge in [-0.3, -0.25) is 4.79 Å². The summed E-state index contributed by atoms with van der Waals surface area (Å²) in [5, 5.41) is 3.88. The van der Waals surface area contributed by atoms with E-state index in [1.54, 1.807) is 7.11 Å². The molecule has 8 heteroatoms. The minimum Gasteiger partial charge on any atom is -0.493 e. The molecule has 28 heavy (non-hydrogen) atoms. The molecule has 144 valence electrons. The van der Waals surface area contributed by atoms with E-state index in [9.17, 15) is 4.79 Å². The molecule has 3 N–H and O–H groups in total. The molecular weight excluding hydrogens is 398 g/mol. The van der Waals surface area contributed by atoms with Crippen LogP contribution in [0.3, 0.4) is 0 Å². The van der Waals surface area contributed by atoms with Crippen LogP contribution in [0.2, 0.25) is 5.02 Å². The first-order valence-electron chi connectivity index (χ1n) is 8.64. The van der Waals surface area contributed by atoms with Crippen LogP contribution in [0.25, 0.3) is 0 Å². The Morgan fingerprint density at radius 3 is 2.93 bits per heavy atom. The highest BCUT2D eigenvalue weighted by molar-refractivity contribution is 7.16. The number of rotatable bonds is 5. The number of aromatic nitrogens is 1. The van der Waals surface area contributed by atoms with Crippen molar-refractivity contribution in [1.29, 1.82) is 0 Å². The number of nitrogen functional groups attached to an aromatic ring is 1. The zero-order chi connectivity index (χ0) is 19.7. The van der Waals surface area contributed by atoms with Crippen molar-refractivity contribution in [2.45, 2.75) is 18.9 Å². The average Bonchev–Trinajstić information content (AvgIpc) is 3.05. The number of nitrogens with two attached hydrogens (primary N) is 1. The summed E-state index contributed by atoms with van der Waals surface area (Å²) in [5.74, 6) is 1.57. The summed E-state index contributed by atoms with van der Waals surface area (Å²) in [4.78, 5) is 17.2. The van der Waals surface area contributed by atoms with Crippen LogP contribution in [0.4, 0.5) is 10.9 Å². The predicted molar refractivity (Wildman–Crippen MR) is 110 cm³/mol. The van der Waals surface area contributed by atoms with Crippen LogP contribution < -0.4 is 20.5 Å². The number of thiazole rings is 1. The SMILES string of the molecule is COc1cc(C2CC(=O)Nc3nc(N)sc32)ccc1OCc1cccc(Cl)c1. The van der Waals surface area contributed by atoms with Crippen molar-refractivity contribution in [2.24, 2.45) is 0 Å². The maximum atomic E-state index is 12.1. The van der Waals surface area contributed by atoms with Gasteiger partial charge in [-0.15, -0.1) is 0 Å². The summed E-state index contributed by atoms with van der Waals surface area (Å²) >= 11 is 7.41. The third-order valence-corrected chi connectivity index (χ3v) is 5.74. The van der Waals surface area contributed by atoms with Crippen molar-refractivity contribution in [2.75, 3.05) is 18.2 Å². The van der Waals surface area contributed by atoms with E-state index in [1.165, 1.54) is 11.3 Å². The van der Waals surface area contributed by atoms with Gasteiger partial charge in [-0.25, -0.2) is 4.98 Å². The van der Waals surface area contributed by atoms with Crippen molar-refractivity contribution in [3.8, 4) is 11.5 Å². The smallest absolute Gasteiger partial charge is 0.226 e. The second-order valence-corrected chi connectivity index (χ2v) is 7.90. The first-order valence-corrected chi connectivity index (χ1v) is 9.84. The molecule has 3 aromatic rings. The van der Waals surface area contributed by atoms with Gasteiger partial charge in [-0.1, -0.05) is 41.1 Å². The van der Waals surface area contributed by atoms with Gasteiger partial charge in [0.25, 0.3) is 0 Å². The number of anilines is 2. The van der Waals surface area contributed by atoms with Crippen molar-refractivity contribution in [3.05, 3.63) is 63.5 Å². The van der Waals surface area contributed by atoms with Gasteiger partial charge in [0.15, 0.2) is 16.6 Å². The van der Waals surface area contributed by atoms with Crippen LogP contribution in [0.15, 0.2) is 42.5 Å². The fourth-order valence-electron chi connectivity index (χ4n) is 3.21. The Hall–Kier alpha value is -2.77. The number of fused-ring (bicyclic) bond motifs is 1. The number of hydrogen-bond donors (Lipinski definition) is 2. The lowest BCUT2D eigenvalue weighted by Crippen LogP contribution is -2.22. The second kappa shape index (κ2) is 7.69. The third-order valence-electron chi connectivity index (χ3n) is 4.51. The predicted octanol–water partition coefficient (Wildman–Crippen LogP) is 4.44. The van der Waals surface area contributed by atoms with Gasteiger partial charge < -0.3 is 20.5 Å². The fraction of sp³-hybridized carbons (Fsp3) is 0.200. The van der Waals surface area contributed by atoms with E-state index >= 15 is 0 Å². The number of ether oxygens (including phenoxy) is 2. The largest absolute Gasteiger partial charge is 0.493 e. The molecule has 6 nitrogen and oxygen atoms in total. The van der Waals surface area contributed by atoms with E-state index in [-0.39, 0.29) is 11.8 Å². The zero-order valence-electron chi connectivity index (χ0n) is 15.1. The second-order valence-electron chi connectivity index (χ2n) is 6.40. The lowest BCUT2D eigenvalue weighted by molar-refractivity contribution is -0.116. The Labute approximate surface area is 171 Å². The molecule has 1 unspecified atom stereocenters. The Morgan fingerprint density at radius 2 is 2.14 bits per heavy atom. The number of benzene rings is 2. The molecule has 0 bridgehead atoms. The fourth-order valence-corrected chi connectivity index (χ4v) is 4.34. The van der Waals surface area contributed by atoms with Gasteiger partial charge in [-0.05, 0) is 35.4 Å². The van der Waals surface area contributed by atoms with Crippen LogP contribution >= 0.6 is 22.9 Å². The first-order chi connectivity index (χ1) is 13.5. The van der Waals surface area contributed by atoms with Gasteiger partial charge in [0.2, 0.25) is 5.91 Å². The van der Waals surface area contributed by atoms with Crippen LogP contribution in [0.5, 0.6) is 11.5 Å². The van der Waals surface area contributed by atoms with Crippen LogP contribution in [-0.2, 0) is 11.4 Å². The van der Waals surface area contributed by atoms with Crippen LogP contribution in [0.1, 0.15) is 28.3 Å². The molecular formula is C20H18ClN3O3S. The normalized spacial score (nSPS) is 15.6. The lowest BCUT2D eigenvalue weighted by Gasteiger charge is -2.22. The van der Waals surface area contributed by atoms with Gasteiger partial charge in [0.1, 0.15) is 12.4 Å². The van der Waals surface area contributed by atoms with Crippen molar-refractivity contribution in [1.82, 2.24) is 4.98 Å². The van der Waals surface area contributed by atoms with Crippen molar-refractivity contribution >= 4 is 39.8 Å². The molecule has 0 spiro atoms. The average molecular weight is 416 g/mol. The van der Waals surface area contributed by atoms with E-state index in [1.807, 2.05) is 42.5 Å². The van der Waals surface area contributed by atoms with E-state index in [4.69, 9.17) is 26.8 Å². The molecule has 2 aromatic carbocycles. The molecule has 1 aliphatic heterocycles. The van der Waals surface area contributed by atoms with Crippen LogP contribution in [0, 0.1) is 0 Å². The first kappa shape index (κ1) is 18.6. The number of nitrogens with zero attached hydrogens (tertiary/aromatic N) is 1. The molecule has 1 atom stereocenters. The highest BCUT2D eigenvalue weighted by Gasteiger charge is 2.30. The Kier molecular flexibility index (Phi) is 5.11. The Balaban J connectivity index is 1.59. The van der Waals surface area contributed by atoms with E-state index in [0.717, 1.165) is 16.0 Å². The van der Waals surface area contributed by atoms with Crippen LogP contribution in [-0.4, -0.2) is 18.0 Å². The topological polar surface area (TPSA) is 86.5 Å². The number of amides is 1. The highest BCUT2D eigenvalue weighted by Crippen LogP contribution is 2.43. The zero-order valence-corrected chi connectivity index (χ0v) is 16.6. The number of carbonyl (C=O) groups excluding carboxylic acids is 1. The molecule has 1 aliphatic rings. The minimum absolute atomic E-state index is 0.0805. The minimum atomic E-state index is -0.116. The molecule has 2 heterocycles. The number of nitrogens with one attached hydrogen (secondary N) is 1. The summed E-state index contributed by atoms with van der Waals surface area (Å²) in [7, 11) is 1.59. The third kappa shape index (κ3) is 3.76. The maximum absolute atomic E-state index is 12.1. The molecule has 1 aromatic heterocycles. The molecule has 0 saturated carbocycles. The summed E-state index contributed by atoms with van der Waals surface area (Å²) in [6.45, 7) is 0.373. The molecule has 0 aliphatic carbocycles. The van der Waals surface area contributed by atoms with E-state index in [2.05, 4.69) is 10.3 Å². The van der Waals surface area contributed by atoms with Crippen molar-refractivity contribution < 1.29 is 14.3 Å². The number of halogens is 1. The summed E-state index contributed by atoms with van der Waals surface area (Å²) in [6.07, 6.45) is 0.334. The van der Waals surface area contributed by atoms with E-state index < -0.39 is 0 Å². The molecule has 0 fully saturated rings. The number of methoxy groups -OCH3 is 1. The Morgan fingerprint density at radius 1 is 1.29 bits per heavy atom. The van der Waals surface area contributed by atoms with Gasteiger partial charge in [-0.2, -0.15) is 0 Å². The van der Waals surface area contributed by atoms with Gasteiger partial charge >= 0.3 is 0 Å². The maximum Gasteiger partial charge on any atom is 0.226 e. The Bertz CT molecular complexity index is 1040. The number of carbonyl (C=O) groups is 1. The molecule has 1 amide bonds. The van der Waals surface area contributed by atoms with E-state index in [0.29, 0.717) is 40.5 Å². The monoisotopic (exact) mass is 415 g/mol. The standard InChI is InChI=1S/C20H18ClN3O3S/c1-26-16-8-12(14-9-17(25)23-19-18(14)28-20(22)24-19)5-6-15(16)27-10-11-3-2-4-13(21)7-11/h2-8,14H,9-10H2,1H3,(H2,22,24)(H,23,25). The summed E-state index contributed by atoms with van der Waals surface area (Å²) < 4.78 is 11.4. The lowest BCUT2D eigenvalue weighted by atomic mass is 9.91. The van der Waals surface area contributed by atoms with Crippen molar-refractivity contribution in [3.63, 3.8) is 0 Å². The van der Waals surface area contributed by atoms with Gasteiger partial charge in [0, 0.05) is 17.4 Å². The summed E-state index contributed by atoms with van der Waals surface area (Å²) in [5.41, 5.74) is 7.75. The quantitative estimate of drug-likeness (QED) is 0.643. The number of hydrogen-bond acceptors (Lipinski definition) is 6. The van der Waals surface area contributed by atoms with Gasteiger partial charge in [0.05, 0.1) is 12.0 Å². The highest BCUT2D eigenvalue weighted by atomic mass is 35.5. The molecule has 0 radical (unpaired) electrons. The molecule has 4 rings (SSSR count). The summed E-state index contributed by atoms with van der Waals surface area (Å²) in [6, 6.07) is 13.2. The molecule has 0 saturated heterocycles.